The highest BCUT2D eigenvalue weighted by molar-refractivity contribution is 6.33. The zero-order valence-corrected chi connectivity index (χ0v) is 13.4. The highest BCUT2D eigenvalue weighted by Crippen LogP contribution is 2.37. The Morgan fingerprint density at radius 3 is 3.00 bits per heavy atom. The second-order valence-corrected chi connectivity index (χ2v) is 5.82. The van der Waals surface area contributed by atoms with Crippen molar-refractivity contribution in [3.8, 4) is 11.5 Å². The summed E-state index contributed by atoms with van der Waals surface area (Å²) in [7, 11) is 1.51. The maximum atomic E-state index is 10.0. The summed E-state index contributed by atoms with van der Waals surface area (Å²) in [5.74, 6) is 1.20. The number of hydrogen-bond donors (Lipinski definition) is 1. The smallest absolute Gasteiger partial charge is 0.177 e. The van der Waals surface area contributed by atoms with Gasteiger partial charge in [0.25, 0.3) is 0 Å². The van der Waals surface area contributed by atoms with Crippen molar-refractivity contribution >= 4 is 11.6 Å². The molecular weight excluding hydrogens is 302 g/mol. The predicted molar refractivity (Wildman–Crippen MR) is 84.3 cm³/mol. The van der Waals surface area contributed by atoms with Crippen LogP contribution in [0.2, 0.25) is 5.02 Å². The molecule has 1 aromatic carbocycles. The summed E-state index contributed by atoms with van der Waals surface area (Å²) >= 11 is 6.24. The summed E-state index contributed by atoms with van der Waals surface area (Å²) in [6.07, 6.45) is 2.80. The van der Waals surface area contributed by atoms with Gasteiger partial charge in [0.2, 0.25) is 0 Å². The van der Waals surface area contributed by atoms with Crippen molar-refractivity contribution in [1.82, 2.24) is 14.9 Å². The van der Waals surface area contributed by atoms with Crippen molar-refractivity contribution in [2.75, 3.05) is 13.7 Å². The standard InChI is InChI=1S/C16H18ClN3O2/c1-10-18-7-12-9-20(6-5-13(12)19-10)8-11-3-4-14(22-2)16(21)15(11)17/h3-4,7,21H,5-6,8-9H2,1-2H3. The van der Waals surface area contributed by atoms with Crippen molar-refractivity contribution in [1.29, 1.82) is 0 Å². The van der Waals surface area contributed by atoms with Crippen molar-refractivity contribution < 1.29 is 9.84 Å². The lowest BCUT2D eigenvalue weighted by atomic mass is 10.1. The molecule has 5 nitrogen and oxygen atoms in total. The first kappa shape index (κ1) is 15.1. The summed E-state index contributed by atoms with van der Waals surface area (Å²) in [6.45, 7) is 4.28. The third-order valence-corrected chi connectivity index (χ3v) is 4.33. The fourth-order valence-corrected chi connectivity index (χ4v) is 2.94. The van der Waals surface area contributed by atoms with Crippen molar-refractivity contribution in [3.05, 3.63) is 46.0 Å². The molecule has 0 aliphatic carbocycles. The monoisotopic (exact) mass is 319 g/mol. The van der Waals surface area contributed by atoms with Gasteiger partial charge in [-0.05, 0) is 18.6 Å². The van der Waals surface area contributed by atoms with Crippen LogP contribution in [0.3, 0.4) is 0 Å². The molecule has 3 rings (SSSR count). The molecule has 0 fully saturated rings. The van der Waals surface area contributed by atoms with Crippen molar-refractivity contribution in [2.45, 2.75) is 26.4 Å². The van der Waals surface area contributed by atoms with Gasteiger partial charge < -0.3 is 9.84 Å². The highest BCUT2D eigenvalue weighted by Gasteiger charge is 2.20. The first-order chi connectivity index (χ1) is 10.6. The van der Waals surface area contributed by atoms with E-state index >= 15 is 0 Å². The lowest BCUT2D eigenvalue weighted by molar-refractivity contribution is 0.242. The summed E-state index contributed by atoms with van der Waals surface area (Å²) in [5, 5.41) is 10.4. The van der Waals surface area contributed by atoms with E-state index in [1.807, 2.05) is 19.2 Å². The molecule has 0 radical (unpaired) electrons. The molecule has 2 heterocycles. The molecule has 0 saturated heterocycles. The first-order valence-electron chi connectivity index (χ1n) is 7.16. The number of methoxy groups -OCH3 is 1. The number of aromatic nitrogens is 2. The number of benzene rings is 1. The van der Waals surface area contributed by atoms with E-state index in [0.29, 0.717) is 17.3 Å². The number of ether oxygens (including phenoxy) is 1. The first-order valence-corrected chi connectivity index (χ1v) is 7.54. The van der Waals surface area contributed by atoms with Gasteiger partial charge in [-0.3, -0.25) is 4.90 Å². The average molecular weight is 320 g/mol. The molecule has 1 aliphatic heterocycles. The van der Waals surface area contributed by atoms with Crippen LogP contribution in [-0.2, 0) is 19.5 Å². The van der Waals surface area contributed by atoms with Crippen LogP contribution in [0.25, 0.3) is 0 Å². The van der Waals surface area contributed by atoms with Gasteiger partial charge in [0.1, 0.15) is 5.82 Å². The minimum atomic E-state index is -0.00182. The van der Waals surface area contributed by atoms with Gasteiger partial charge in [0, 0.05) is 43.5 Å². The predicted octanol–water partition coefficient (Wildman–Crippen LogP) is 2.71. The summed E-state index contributed by atoms with van der Waals surface area (Å²) in [6, 6.07) is 3.63. The number of phenolic OH excluding ortho intramolecular Hbond substituents is 1. The highest BCUT2D eigenvalue weighted by atomic mass is 35.5. The molecule has 1 aliphatic rings. The van der Waals surface area contributed by atoms with E-state index in [-0.39, 0.29) is 5.75 Å². The Kier molecular flexibility index (Phi) is 4.18. The van der Waals surface area contributed by atoms with Crippen LogP contribution in [0.1, 0.15) is 22.6 Å². The van der Waals surface area contributed by atoms with Crippen LogP contribution in [0, 0.1) is 6.92 Å². The largest absolute Gasteiger partial charge is 0.503 e. The fraction of sp³-hybridized carbons (Fsp3) is 0.375. The Balaban J connectivity index is 1.78. The molecule has 22 heavy (non-hydrogen) atoms. The number of aryl methyl sites for hydroxylation is 1. The number of fused-ring (bicyclic) bond motifs is 1. The van der Waals surface area contributed by atoms with E-state index in [4.69, 9.17) is 16.3 Å². The lowest BCUT2D eigenvalue weighted by Crippen LogP contribution is -2.31. The van der Waals surface area contributed by atoms with Gasteiger partial charge in [-0.2, -0.15) is 0 Å². The maximum absolute atomic E-state index is 10.0. The minimum absolute atomic E-state index is 0.00182. The number of phenols is 1. The average Bonchev–Trinajstić information content (AvgIpc) is 2.52. The van der Waals surface area contributed by atoms with Gasteiger partial charge in [-0.15, -0.1) is 0 Å². The molecule has 1 N–H and O–H groups in total. The molecule has 0 atom stereocenters. The molecule has 6 heteroatoms. The summed E-state index contributed by atoms with van der Waals surface area (Å²) in [5.41, 5.74) is 3.18. The van der Waals surface area contributed by atoms with Gasteiger partial charge in [-0.1, -0.05) is 17.7 Å². The Bertz CT molecular complexity index is 706. The van der Waals surface area contributed by atoms with E-state index < -0.39 is 0 Å². The van der Waals surface area contributed by atoms with Crippen LogP contribution in [0.15, 0.2) is 18.3 Å². The van der Waals surface area contributed by atoms with E-state index in [1.165, 1.54) is 7.11 Å². The number of rotatable bonds is 3. The Labute approximate surface area is 134 Å². The number of halogens is 1. The number of nitrogens with zero attached hydrogens (tertiary/aromatic N) is 3. The van der Waals surface area contributed by atoms with E-state index in [9.17, 15) is 5.11 Å². The Morgan fingerprint density at radius 1 is 1.41 bits per heavy atom. The fourth-order valence-electron chi connectivity index (χ4n) is 2.73. The number of hydrogen-bond acceptors (Lipinski definition) is 5. The van der Waals surface area contributed by atoms with E-state index in [2.05, 4.69) is 14.9 Å². The van der Waals surface area contributed by atoms with Crippen molar-refractivity contribution in [3.63, 3.8) is 0 Å². The third kappa shape index (κ3) is 2.87. The topological polar surface area (TPSA) is 58.5 Å². The van der Waals surface area contributed by atoms with Gasteiger partial charge in [-0.25, -0.2) is 9.97 Å². The normalized spacial score (nSPS) is 14.7. The molecule has 116 valence electrons. The molecule has 0 bridgehead atoms. The van der Waals surface area contributed by atoms with Crippen LogP contribution >= 0.6 is 11.6 Å². The lowest BCUT2D eigenvalue weighted by Gasteiger charge is -2.28. The number of aromatic hydroxyl groups is 1. The third-order valence-electron chi connectivity index (χ3n) is 3.91. The van der Waals surface area contributed by atoms with Crippen LogP contribution in [0.4, 0.5) is 0 Å². The molecule has 0 spiro atoms. The van der Waals surface area contributed by atoms with E-state index in [1.54, 1.807) is 6.07 Å². The molecule has 0 saturated carbocycles. The zero-order chi connectivity index (χ0) is 15.7. The SMILES string of the molecule is COc1ccc(CN2CCc3nc(C)ncc3C2)c(Cl)c1O. The van der Waals surface area contributed by atoms with E-state index in [0.717, 1.165) is 42.2 Å². The maximum Gasteiger partial charge on any atom is 0.177 e. The zero-order valence-electron chi connectivity index (χ0n) is 12.6. The van der Waals surface area contributed by atoms with Crippen molar-refractivity contribution in [2.24, 2.45) is 0 Å². The minimum Gasteiger partial charge on any atom is -0.503 e. The molecule has 2 aromatic rings. The van der Waals surface area contributed by atoms with Crippen LogP contribution in [-0.4, -0.2) is 33.6 Å². The Morgan fingerprint density at radius 2 is 2.23 bits per heavy atom. The quantitative estimate of drug-likeness (QED) is 0.942. The molecular formula is C16H18ClN3O2. The van der Waals surface area contributed by atoms with Gasteiger partial charge in [0.15, 0.2) is 11.5 Å². The van der Waals surface area contributed by atoms with Crippen LogP contribution in [0.5, 0.6) is 11.5 Å². The summed E-state index contributed by atoms with van der Waals surface area (Å²) in [4.78, 5) is 11.0. The Hall–Kier alpha value is -1.85. The van der Waals surface area contributed by atoms with Gasteiger partial charge >= 0.3 is 0 Å². The second-order valence-electron chi connectivity index (χ2n) is 5.44. The second kappa shape index (κ2) is 6.10. The summed E-state index contributed by atoms with van der Waals surface area (Å²) < 4.78 is 5.06. The van der Waals surface area contributed by atoms with Crippen LogP contribution < -0.4 is 4.74 Å². The molecule has 0 unspecified atom stereocenters. The van der Waals surface area contributed by atoms with Gasteiger partial charge in [0.05, 0.1) is 12.1 Å². The molecule has 1 aromatic heterocycles. The molecule has 0 amide bonds.